The van der Waals surface area contributed by atoms with Crippen LogP contribution >= 0.6 is 0 Å². The van der Waals surface area contributed by atoms with E-state index in [2.05, 4.69) is 0 Å². The van der Waals surface area contributed by atoms with Gasteiger partial charge >= 0.3 is 10.1 Å². The van der Waals surface area contributed by atoms with Crippen LogP contribution in [0.15, 0.2) is 36.4 Å². The van der Waals surface area contributed by atoms with Gasteiger partial charge < -0.3 is 4.18 Å². The third-order valence-corrected chi connectivity index (χ3v) is 4.86. The summed E-state index contributed by atoms with van der Waals surface area (Å²) < 4.78 is 29.6. The van der Waals surface area contributed by atoms with Gasteiger partial charge in [-0.05, 0) is 30.7 Å². The zero-order valence-corrected chi connectivity index (χ0v) is 13.1. The maximum Gasteiger partial charge on any atom is 0.311 e. The number of hydrogen-bond acceptors (Lipinski definition) is 3. The lowest BCUT2D eigenvalue weighted by atomic mass is 9.98. The zero-order chi connectivity index (χ0) is 14.9. The van der Waals surface area contributed by atoms with Gasteiger partial charge in [-0.3, -0.25) is 0 Å². The van der Waals surface area contributed by atoms with Gasteiger partial charge in [0.1, 0.15) is 0 Å². The highest BCUT2D eigenvalue weighted by atomic mass is 32.2. The Bertz CT molecular complexity index is 716. The molecule has 0 unspecified atom stereocenters. The first-order valence-corrected chi connectivity index (χ1v) is 8.25. The van der Waals surface area contributed by atoms with Crippen molar-refractivity contribution in [3.63, 3.8) is 0 Å². The fourth-order valence-electron chi connectivity index (χ4n) is 2.02. The summed E-state index contributed by atoms with van der Waals surface area (Å²) in [6.07, 6.45) is 0. The third kappa shape index (κ3) is 2.80. The summed E-state index contributed by atoms with van der Waals surface area (Å²) in [6, 6.07) is 11.6. The highest BCUT2D eigenvalue weighted by Crippen LogP contribution is 2.35. The maximum atomic E-state index is 12.1. The Kier molecular flexibility index (Phi) is 4.04. The lowest BCUT2D eigenvalue weighted by molar-refractivity contribution is 0.475. The van der Waals surface area contributed by atoms with E-state index >= 15 is 0 Å². The zero-order valence-electron chi connectivity index (χ0n) is 12.3. The first-order chi connectivity index (χ1) is 9.33. The molecule has 0 bridgehead atoms. The standard InChI is InChI=1S/C16H20O3S/c1-11(2)14-10-9-13-7-5-6-8-15(13)16(14)19-20(17,18)12(3)4/h5-12H,1-4H3. The molecular weight excluding hydrogens is 272 g/mol. The van der Waals surface area contributed by atoms with Gasteiger partial charge in [0.05, 0.1) is 5.25 Å². The lowest BCUT2D eigenvalue weighted by Gasteiger charge is -2.17. The van der Waals surface area contributed by atoms with Crippen LogP contribution in [0.2, 0.25) is 0 Å². The second kappa shape index (κ2) is 5.44. The summed E-state index contributed by atoms with van der Waals surface area (Å²) >= 11 is 0. The van der Waals surface area contributed by atoms with E-state index in [9.17, 15) is 8.42 Å². The number of benzene rings is 2. The van der Waals surface area contributed by atoms with Crippen LogP contribution < -0.4 is 4.18 Å². The van der Waals surface area contributed by atoms with Crippen molar-refractivity contribution in [3.8, 4) is 5.75 Å². The molecule has 0 atom stereocenters. The smallest absolute Gasteiger partial charge is 0.311 e. The van der Waals surface area contributed by atoms with E-state index in [0.717, 1.165) is 16.3 Å². The Hall–Kier alpha value is -1.55. The summed E-state index contributed by atoms with van der Waals surface area (Å²) in [5, 5.41) is 1.25. The van der Waals surface area contributed by atoms with Crippen molar-refractivity contribution >= 4 is 20.9 Å². The predicted molar refractivity (Wildman–Crippen MR) is 82.7 cm³/mol. The Morgan fingerprint density at radius 1 is 0.950 bits per heavy atom. The van der Waals surface area contributed by atoms with Crippen molar-refractivity contribution in [1.29, 1.82) is 0 Å². The monoisotopic (exact) mass is 292 g/mol. The van der Waals surface area contributed by atoms with E-state index < -0.39 is 15.4 Å². The molecule has 0 aliphatic carbocycles. The minimum atomic E-state index is -3.60. The van der Waals surface area contributed by atoms with Crippen molar-refractivity contribution in [2.75, 3.05) is 0 Å². The molecule has 2 aromatic carbocycles. The molecule has 0 saturated heterocycles. The molecule has 20 heavy (non-hydrogen) atoms. The molecule has 108 valence electrons. The lowest BCUT2D eigenvalue weighted by Crippen LogP contribution is -2.21. The molecule has 2 rings (SSSR count). The van der Waals surface area contributed by atoms with Gasteiger partial charge in [-0.25, -0.2) is 0 Å². The van der Waals surface area contributed by atoms with Crippen molar-refractivity contribution in [1.82, 2.24) is 0 Å². The first-order valence-electron chi connectivity index (χ1n) is 6.78. The molecule has 0 N–H and O–H groups in total. The van der Waals surface area contributed by atoms with E-state index in [1.54, 1.807) is 13.8 Å². The highest BCUT2D eigenvalue weighted by molar-refractivity contribution is 7.87. The van der Waals surface area contributed by atoms with Gasteiger partial charge in [-0.15, -0.1) is 0 Å². The van der Waals surface area contributed by atoms with Crippen LogP contribution in [0.3, 0.4) is 0 Å². The van der Waals surface area contributed by atoms with E-state index in [1.807, 2.05) is 50.2 Å². The number of fused-ring (bicyclic) bond motifs is 1. The summed E-state index contributed by atoms with van der Waals surface area (Å²) in [6.45, 7) is 7.29. The predicted octanol–water partition coefficient (Wildman–Crippen LogP) is 4.08. The Labute approximate surface area is 120 Å². The molecule has 0 aromatic heterocycles. The Balaban J connectivity index is 2.68. The molecule has 0 aliphatic heterocycles. The average Bonchev–Trinajstić information content (AvgIpc) is 2.38. The Morgan fingerprint density at radius 3 is 2.20 bits per heavy atom. The van der Waals surface area contributed by atoms with Crippen LogP contribution in [0.1, 0.15) is 39.2 Å². The topological polar surface area (TPSA) is 43.4 Å². The van der Waals surface area contributed by atoms with Gasteiger partial charge in [0, 0.05) is 5.39 Å². The van der Waals surface area contributed by atoms with Crippen LogP contribution in [0.5, 0.6) is 5.75 Å². The summed E-state index contributed by atoms with van der Waals surface area (Å²) in [7, 11) is -3.60. The van der Waals surface area contributed by atoms with Gasteiger partial charge in [-0.2, -0.15) is 8.42 Å². The molecular formula is C16H20O3S. The normalized spacial score (nSPS) is 12.3. The fourth-order valence-corrected chi connectivity index (χ4v) is 2.63. The largest absolute Gasteiger partial charge is 0.381 e. The van der Waals surface area contributed by atoms with E-state index in [4.69, 9.17) is 4.18 Å². The van der Waals surface area contributed by atoms with Gasteiger partial charge in [0.2, 0.25) is 0 Å². The van der Waals surface area contributed by atoms with Crippen LogP contribution in [-0.2, 0) is 10.1 Å². The second-order valence-corrected chi connectivity index (χ2v) is 7.58. The van der Waals surface area contributed by atoms with Crippen LogP contribution in [0.25, 0.3) is 10.8 Å². The molecule has 3 nitrogen and oxygen atoms in total. The first kappa shape index (κ1) is 14.9. The minimum absolute atomic E-state index is 0.192. The molecule has 0 radical (unpaired) electrons. The summed E-state index contributed by atoms with van der Waals surface area (Å²) in [5.74, 6) is 0.656. The summed E-state index contributed by atoms with van der Waals surface area (Å²) in [5.41, 5.74) is 0.910. The van der Waals surface area contributed by atoms with Gasteiger partial charge in [0.25, 0.3) is 0 Å². The van der Waals surface area contributed by atoms with Crippen LogP contribution in [0.4, 0.5) is 0 Å². The van der Waals surface area contributed by atoms with Crippen molar-refractivity contribution in [3.05, 3.63) is 42.0 Å². The quantitative estimate of drug-likeness (QED) is 0.797. The van der Waals surface area contributed by atoms with E-state index in [0.29, 0.717) is 5.75 Å². The number of rotatable bonds is 4. The Morgan fingerprint density at radius 2 is 1.60 bits per heavy atom. The van der Waals surface area contributed by atoms with E-state index in [-0.39, 0.29) is 5.92 Å². The average molecular weight is 292 g/mol. The molecule has 0 fully saturated rings. The fraction of sp³-hybridized carbons (Fsp3) is 0.375. The summed E-state index contributed by atoms with van der Waals surface area (Å²) in [4.78, 5) is 0. The molecule has 4 heteroatoms. The second-order valence-electron chi connectivity index (χ2n) is 5.48. The van der Waals surface area contributed by atoms with Crippen molar-refractivity contribution < 1.29 is 12.6 Å². The molecule has 0 spiro atoms. The highest BCUT2D eigenvalue weighted by Gasteiger charge is 2.22. The maximum absolute atomic E-state index is 12.1. The third-order valence-electron chi connectivity index (χ3n) is 3.31. The van der Waals surface area contributed by atoms with Gasteiger partial charge in [0.15, 0.2) is 5.75 Å². The van der Waals surface area contributed by atoms with Crippen LogP contribution in [-0.4, -0.2) is 13.7 Å². The minimum Gasteiger partial charge on any atom is -0.381 e. The molecule has 0 heterocycles. The van der Waals surface area contributed by atoms with Crippen molar-refractivity contribution in [2.45, 2.75) is 38.9 Å². The van der Waals surface area contributed by atoms with E-state index in [1.165, 1.54) is 0 Å². The molecule has 0 aliphatic rings. The van der Waals surface area contributed by atoms with Crippen LogP contribution in [0, 0.1) is 0 Å². The van der Waals surface area contributed by atoms with Gasteiger partial charge in [-0.1, -0.05) is 50.2 Å². The number of hydrogen-bond donors (Lipinski definition) is 0. The SMILES string of the molecule is CC(C)c1ccc2ccccc2c1OS(=O)(=O)C(C)C. The molecule has 0 amide bonds. The van der Waals surface area contributed by atoms with Crippen molar-refractivity contribution in [2.24, 2.45) is 0 Å². The molecule has 2 aromatic rings. The molecule has 0 saturated carbocycles.